The second-order valence-electron chi connectivity index (χ2n) is 4.72. The minimum atomic E-state index is -0.840. The molecule has 0 aliphatic heterocycles. The number of non-ortho nitro benzene ring substituents is 1. The molecule has 0 bridgehead atoms. The van der Waals surface area contributed by atoms with E-state index in [0.717, 1.165) is 17.1 Å². The Labute approximate surface area is 121 Å². The lowest BCUT2D eigenvalue weighted by atomic mass is 10.1. The summed E-state index contributed by atoms with van der Waals surface area (Å²) in [4.78, 5) is 25.0. The van der Waals surface area contributed by atoms with E-state index in [1.165, 1.54) is 12.1 Å². The summed E-state index contributed by atoms with van der Waals surface area (Å²) in [6.07, 6.45) is 2.71. The van der Waals surface area contributed by atoms with Crippen molar-refractivity contribution in [3.05, 3.63) is 57.7 Å². The number of imidazole rings is 1. The van der Waals surface area contributed by atoms with E-state index in [9.17, 15) is 14.9 Å². The average molecular weight is 289 g/mol. The van der Waals surface area contributed by atoms with Gasteiger partial charge in [0.1, 0.15) is 5.82 Å². The van der Waals surface area contributed by atoms with Gasteiger partial charge in [-0.15, -0.1) is 0 Å². The molecule has 1 N–H and O–H groups in total. The van der Waals surface area contributed by atoms with Crippen molar-refractivity contribution in [2.75, 3.05) is 0 Å². The number of nitro groups is 1. The minimum Gasteiger partial charge on any atom is -0.481 e. The van der Waals surface area contributed by atoms with Crippen molar-refractivity contribution >= 4 is 11.7 Å². The van der Waals surface area contributed by atoms with E-state index in [1.807, 2.05) is 11.6 Å². The summed E-state index contributed by atoms with van der Waals surface area (Å²) in [7, 11) is 1.84. The highest BCUT2D eigenvalue weighted by Gasteiger charge is 2.10. The minimum absolute atomic E-state index is 0.0562. The first-order valence-corrected chi connectivity index (χ1v) is 6.42. The van der Waals surface area contributed by atoms with E-state index >= 15 is 0 Å². The molecule has 7 heteroatoms. The van der Waals surface area contributed by atoms with Crippen LogP contribution in [0.5, 0.6) is 0 Å². The monoisotopic (exact) mass is 289 g/mol. The Hall–Kier alpha value is -2.70. The van der Waals surface area contributed by atoms with Crippen molar-refractivity contribution in [2.45, 2.75) is 19.3 Å². The fourth-order valence-electron chi connectivity index (χ4n) is 2.04. The molecule has 1 aromatic carbocycles. The Morgan fingerprint density at radius 1 is 1.38 bits per heavy atom. The molecule has 0 saturated heterocycles. The third-order valence-electron chi connectivity index (χ3n) is 3.28. The Kier molecular flexibility index (Phi) is 4.32. The lowest BCUT2D eigenvalue weighted by molar-refractivity contribution is -0.384. The number of carbonyl (C=O) groups is 1. The Balaban J connectivity index is 2.09. The second kappa shape index (κ2) is 6.17. The smallest absolute Gasteiger partial charge is 0.303 e. The maximum absolute atomic E-state index is 10.6. The molecule has 0 aliphatic rings. The number of hydrogen-bond acceptors (Lipinski definition) is 4. The zero-order valence-corrected chi connectivity index (χ0v) is 11.5. The molecule has 0 amide bonds. The molecule has 0 fully saturated rings. The number of nitrogens with zero attached hydrogens (tertiary/aromatic N) is 3. The number of benzene rings is 1. The van der Waals surface area contributed by atoms with Gasteiger partial charge in [0.15, 0.2) is 0 Å². The van der Waals surface area contributed by atoms with Crippen LogP contribution in [0.4, 0.5) is 5.69 Å². The molecular weight excluding hydrogens is 274 g/mol. The van der Waals surface area contributed by atoms with E-state index in [0.29, 0.717) is 12.8 Å². The maximum Gasteiger partial charge on any atom is 0.303 e. The Morgan fingerprint density at radius 2 is 2.05 bits per heavy atom. The topological polar surface area (TPSA) is 98.3 Å². The summed E-state index contributed by atoms with van der Waals surface area (Å²) in [6.45, 7) is 0. The van der Waals surface area contributed by atoms with Crippen LogP contribution in [0.25, 0.3) is 0 Å². The lowest BCUT2D eigenvalue weighted by Crippen LogP contribution is -2.05. The number of hydrogen-bond donors (Lipinski definition) is 1. The van der Waals surface area contributed by atoms with Crippen molar-refractivity contribution in [1.82, 2.24) is 9.55 Å². The second-order valence-corrected chi connectivity index (χ2v) is 4.72. The molecule has 0 radical (unpaired) electrons. The van der Waals surface area contributed by atoms with E-state index in [4.69, 9.17) is 5.11 Å². The van der Waals surface area contributed by atoms with Gasteiger partial charge in [-0.3, -0.25) is 14.9 Å². The van der Waals surface area contributed by atoms with Gasteiger partial charge in [0.2, 0.25) is 0 Å². The molecule has 0 saturated carbocycles. The van der Waals surface area contributed by atoms with Gasteiger partial charge in [-0.2, -0.15) is 0 Å². The molecule has 0 unspecified atom stereocenters. The number of carboxylic acids is 1. The average Bonchev–Trinajstić information content (AvgIpc) is 2.78. The third kappa shape index (κ3) is 3.65. The van der Waals surface area contributed by atoms with Crippen LogP contribution in [0.15, 0.2) is 30.5 Å². The molecule has 0 atom stereocenters. The zero-order chi connectivity index (χ0) is 15.4. The van der Waals surface area contributed by atoms with Crippen LogP contribution in [0.1, 0.15) is 23.5 Å². The van der Waals surface area contributed by atoms with Crippen LogP contribution in [0.2, 0.25) is 0 Å². The van der Waals surface area contributed by atoms with Gasteiger partial charge in [-0.05, 0) is 12.0 Å². The van der Waals surface area contributed by atoms with Gasteiger partial charge in [0.25, 0.3) is 5.69 Å². The Morgan fingerprint density at radius 3 is 2.62 bits per heavy atom. The molecule has 110 valence electrons. The lowest BCUT2D eigenvalue weighted by Gasteiger charge is -2.05. The summed E-state index contributed by atoms with van der Waals surface area (Å²) < 4.78 is 1.87. The number of aryl methyl sites for hydroxylation is 1. The molecule has 1 heterocycles. The molecule has 7 nitrogen and oxygen atoms in total. The largest absolute Gasteiger partial charge is 0.481 e. The number of carboxylic acid groups (broad SMARTS) is 1. The van der Waals surface area contributed by atoms with Crippen molar-refractivity contribution < 1.29 is 14.8 Å². The van der Waals surface area contributed by atoms with Gasteiger partial charge >= 0.3 is 5.97 Å². The molecular formula is C14H15N3O4. The third-order valence-corrected chi connectivity index (χ3v) is 3.28. The highest BCUT2D eigenvalue weighted by atomic mass is 16.6. The van der Waals surface area contributed by atoms with Gasteiger partial charge in [0, 0.05) is 37.5 Å². The number of rotatable bonds is 6. The van der Waals surface area contributed by atoms with Crippen molar-refractivity contribution in [3.63, 3.8) is 0 Å². The number of nitro benzene ring substituents is 1. The zero-order valence-electron chi connectivity index (χ0n) is 11.5. The van der Waals surface area contributed by atoms with Gasteiger partial charge in [0.05, 0.1) is 11.3 Å². The fourth-order valence-corrected chi connectivity index (χ4v) is 2.04. The predicted molar refractivity (Wildman–Crippen MR) is 75.1 cm³/mol. The Bertz CT molecular complexity index is 661. The fraction of sp³-hybridized carbons (Fsp3) is 0.286. The first-order valence-electron chi connectivity index (χ1n) is 6.42. The maximum atomic E-state index is 10.6. The molecule has 0 aliphatic carbocycles. The van der Waals surface area contributed by atoms with Crippen LogP contribution in [0, 0.1) is 10.1 Å². The van der Waals surface area contributed by atoms with Crippen LogP contribution < -0.4 is 0 Å². The number of aromatic nitrogens is 2. The van der Waals surface area contributed by atoms with Crippen LogP contribution in [0.3, 0.4) is 0 Å². The molecule has 1 aromatic heterocycles. The van der Waals surface area contributed by atoms with E-state index in [1.54, 1.807) is 18.3 Å². The summed E-state index contributed by atoms with van der Waals surface area (Å²) in [5, 5.41) is 19.3. The number of aliphatic carboxylic acids is 1. The van der Waals surface area contributed by atoms with Gasteiger partial charge < -0.3 is 9.67 Å². The van der Waals surface area contributed by atoms with Crippen molar-refractivity contribution in [2.24, 2.45) is 7.05 Å². The quantitative estimate of drug-likeness (QED) is 0.647. The molecule has 2 rings (SSSR count). The first-order chi connectivity index (χ1) is 9.97. The van der Waals surface area contributed by atoms with E-state index in [-0.39, 0.29) is 12.1 Å². The van der Waals surface area contributed by atoms with Crippen LogP contribution in [-0.4, -0.2) is 25.6 Å². The van der Waals surface area contributed by atoms with Gasteiger partial charge in [-0.25, -0.2) is 4.98 Å². The van der Waals surface area contributed by atoms with E-state index in [2.05, 4.69) is 4.98 Å². The van der Waals surface area contributed by atoms with Crippen molar-refractivity contribution in [1.29, 1.82) is 0 Å². The normalized spacial score (nSPS) is 10.5. The standard InChI is InChI=1S/C14H15N3O4/c1-16-12(6-7-14(18)19)9-15-13(16)8-10-2-4-11(5-3-10)17(20)21/h2-5,9H,6-8H2,1H3,(H,18,19). The van der Waals surface area contributed by atoms with Crippen molar-refractivity contribution in [3.8, 4) is 0 Å². The van der Waals surface area contributed by atoms with Gasteiger partial charge in [-0.1, -0.05) is 12.1 Å². The van der Waals surface area contributed by atoms with E-state index < -0.39 is 10.9 Å². The molecule has 0 spiro atoms. The summed E-state index contributed by atoms with van der Waals surface area (Å²) in [5.41, 5.74) is 1.83. The summed E-state index contributed by atoms with van der Waals surface area (Å²) in [6, 6.07) is 6.32. The summed E-state index contributed by atoms with van der Waals surface area (Å²) >= 11 is 0. The molecule has 2 aromatic rings. The van der Waals surface area contributed by atoms with Crippen LogP contribution in [-0.2, 0) is 24.7 Å². The van der Waals surface area contributed by atoms with Crippen LogP contribution >= 0.6 is 0 Å². The molecule has 21 heavy (non-hydrogen) atoms. The SMILES string of the molecule is Cn1c(CCC(=O)O)cnc1Cc1ccc([N+](=O)[O-])cc1. The summed E-state index contributed by atoms with van der Waals surface area (Å²) in [5.74, 6) is -0.0441. The predicted octanol–water partition coefficient (Wildman–Crippen LogP) is 1.94. The first kappa shape index (κ1) is 14.7. The highest BCUT2D eigenvalue weighted by molar-refractivity contribution is 5.66. The highest BCUT2D eigenvalue weighted by Crippen LogP contribution is 2.15.